The zero-order valence-electron chi connectivity index (χ0n) is 9.38. The average molecular weight is 209 g/mol. The third kappa shape index (κ3) is 2.47. The van der Waals surface area contributed by atoms with E-state index >= 15 is 0 Å². The normalized spacial score (nSPS) is 9.87. The first-order valence-corrected chi connectivity index (χ1v) is 4.58. The molecular weight excluding hydrogens is 194 g/mol. The molecule has 0 aliphatic rings. The monoisotopic (exact) mass is 209 g/mol. The SMILES string of the molecule is CONC(=O)c1cc(C)c(C)cc1OC. The number of amides is 1. The van der Waals surface area contributed by atoms with E-state index in [0.717, 1.165) is 11.1 Å². The molecule has 0 radical (unpaired) electrons. The summed E-state index contributed by atoms with van der Waals surface area (Å²) in [5.74, 6) is 0.241. The van der Waals surface area contributed by atoms with Crippen molar-refractivity contribution in [2.75, 3.05) is 14.2 Å². The van der Waals surface area contributed by atoms with Gasteiger partial charge in [0.15, 0.2) is 0 Å². The molecule has 82 valence electrons. The number of methoxy groups -OCH3 is 1. The predicted molar refractivity (Wildman–Crippen MR) is 56.9 cm³/mol. The van der Waals surface area contributed by atoms with Crippen LogP contribution in [0.25, 0.3) is 0 Å². The molecule has 4 nitrogen and oxygen atoms in total. The summed E-state index contributed by atoms with van der Waals surface area (Å²) in [5.41, 5.74) is 4.86. The minimum Gasteiger partial charge on any atom is -0.496 e. The van der Waals surface area contributed by atoms with Gasteiger partial charge < -0.3 is 4.74 Å². The smallest absolute Gasteiger partial charge is 0.278 e. The Balaban J connectivity index is 3.15. The number of rotatable bonds is 3. The second-order valence-electron chi connectivity index (χ2n) is 3.27. The molecule has 0 saturated heterocycles. The summed E-state index contributed by atoms with van der Waals surface area (Å²) >= 11 is 0. The van der Waals surface area contributed by atoms with Crippen molar-refractivity contribution in [1.82, 2.24) is 5.48 Å². The van der Waals surface area contributed by atoms with Gasteiger partial charge in [0.2, 0.25) is 0 Å². The fraction of sp³-hybridized carbons (Fsp3) is 0.364. The Hall–Kier alpha value is -1.55. The predicted octanol–water partition coefficient (Wildman–Crippen LogP) is 1.60. The molecule has 0 bridgehead atoms. The van der Waals surface area contributed by atoms with Crippen LogP contribution in [0.3, 0.4) is 0 Å². The van der Waals surface area contributed by atoms with Crippen molar-refractivity contribution >= 4 is 5.91 Å². The second-order valence-corrected chi connectivity index (χ2v) is 3.27. The number of ether oxygens (including phenoxy) is 1. The molecule has 1 amide bonds. The highest BCUT2D eigenvalue weighted by Crippen LogP contribution is 2.22. The van der Waals surface area contributed by atoms with E-state index in [2.05, 4.69) is 10.3 Å². The summed E-state index contributed by atoms with van der Waals surface area (Å²) in [7, 11) is 2.93. The molecule has 0 aromatic heterocycles. The van der Waals surface area contributed by atoms with E-state index in [4.69, 9.17) is 4.74 Å². The van der Waals surface area contributed by atoms with Crippen LogP contribution in [0, 0.1) is 13.8 Å². The Bertz CT molecular complexity index is 374. The lowest BCUT2D eigenvalue weighted by Gasteiger charge is -2.10. The van der Waals surface area contributed by atoms with E-state index in [1.807, 2.05) is 19.9 Å². The maximum absolute atomic E-state index is 11.6. The molecule has 1 rings (SSSR count). The van der Waals surface area contributed by atoms with Gasteiger partial charge in [-0.2, -0.15) is 0 Å². The molecule has 1 aromatic carbocycles. The van der Waals surface area contributed by atoms with Gasteiger partial charge in [0.25, 0.3) is 5.91 Å². The highest BCUT2D eigenvalue weighted by Gasteiger charge is 2.13. The molecule has 0 aliphatic carbocycles. The first kappa shape index (κ1) is 11.5. The lowest BCUT2D eigenvalue weighted by molar-refractivity contribution is 0.0534. The summed E-state index contributed by atoms with van der Waals surface area (Å²) in [4.78, 5) is 16.1. The van der Waals surface area contributed by atoms with Gasteiger partial charge in [0.05, 0.1) is 19.8 Å². The van der Waals surface area contributed by atoms with Crippen LogP contribution in [0.2, 0.25) is 0 Å². The molecule has 0 heterocycles. The van der Waals surface area contributed by atoms with Crippen LogP contribution in [0.15, 0.2) is 12.1 Å². The molecule has 0 fully saturated rings. The zero-order chi connectivity index (χ0) is 11.4. The lowest BCUT2D eigenvalue weighted by atomic mass is 10.0. The topological polar surface area (TPSA) is 47.6 Å². The van der Waals surface area contributed by atoms with Gasteiger partial charge in [0.1, 0.15) is 5.75 Å². The molecule has 0 unspecified atom stereocenters. The van der Waals surface area contributed by atoms with E-state index in [-0.39, 0.29) is 5.91 Å². The largest absolute Gasteiger partial charge is 0.496 e. The molecule has 0 saturated carbocycles. The summed E-state index contributed by atoms with van der Waals surface area (Å²) in [6, 6.07) is 3.61. The van der Waals surface area contributed by atoms with Crippen molar-refractivity contribution in [3.8, 4) is 5.75 Å². The van der Waals surface area contributed by atoms with Crippen LogP contribution in [-0.4, -0.2) is 20.1 Å². The van der Waals surface area contributed by atoms with Crippen LogP contribution < -0.4 is 10.2 Å². The highest BCUT2D eigenvalue weighted by atomic mass is 16.6. The third-order valence-electron chi connectivity index (χ3n) is 2.26. The molecule has 0 aliphatic heterocycles. The van der Waals surface area contributed by atoms with Gasteiger partial charge in [-0.05, 0) is 37.1 Å². The molecule has 1 N–H and O–H groups in total. The first-order valence-electron chi connectivity index (χ1n) is 4.58. The van der Waals surface area contributed by atoms with Gasteiger partial charge >= 0.3 is 0 Å². The number of carbonyl (C=O) groups is 1. The van der Waals surface area contributed by atoms with Gasteiger partial charge in [-0.25, -0.2) is 5.48 Å². The Kier molecular flexibility index (Phi) is 3.68. The van der Waals surface area contributed by atoms with Crippen LogP contribution in [-0.2, 0) is 4.84 Å². The fourth-order valence-electron chi connectivity index (χ4n) is 1.28. The summed E-state index contributed by atoms with van der Waals surface area (Å²) in [6.07, 6.45) is 0. The van der Waals surface area contributed by atoms with E-state index in [0.29, 0.717) is 11.3 Å². The van der Waals surface area contributed by atoms with Crippen molar-refractivity contribution < 1.29 is 14.4 Å². The number of hydrogen-bond donors (Lipinski definition) is 1. The number of aryl methyl sites for hydroxylation is 2. The summed E-state index contributed by atoms with van der Waals surface area (Å²) < 4.78 is 5.13. The Morgan fingerprint density at radius 2 is 1.80 bits per heavy atom. The van der Waals surface area contributed by atoms with Crippen LogP contribution in [0.1, 0.15) is 21.5 Å². The fourth-order valence-corrected chi connectivity index (χ4v) is 1.28. The second kappa shape index (κ2) is 4.79. The summed E-state index contributed by atoms with van der Waals surface area (Å²) in [6.45, 7) is 3.91. The molecule has 0 spiro atoms. The quantitative estimate of drug-likeness (QED) is 0.769. The molecule has 4 heteroatoms. The van der Waals surface area contributed by atoms with Crippen molar-refractivity contribution in [3.63, 3.8) is 0 Å². The first-order chi connectivity index (χ1) is 7.10. The van der Waals surface area contributed by atoms with Crippen molar-refractivity contribution in [3.05, 3.63) is 28.8 Å². The molecule has 1 aromatic rings. The standard InChI is InChI=1S/C11H15NO3/c1-7-5-9(11(13)12-15-4)10(14-3)6-8(7)2/h5-6H,1-4H3,(H,12,13). The number of nitrogens with one attached hydrogen (secondary N) is 1. The lowest BCUT2D eigenvalue weighted by Crippen LogP contribution is -2.22. The number of hydrogen-bond acceptors (Lipinski definition) is 3. The number of benzene rings is 1. The Morgan fingerprint density at radius 3 is 2.33 bits per heavy atom. The van der Waals surface area contributed by atoms with E-state index in [1.54, 1.807) is 6.07 Å². The van der Waals surface area contributed by atoms with Crippen molar-refractivity contribution in [1.29, 1.82) is 0 Å². The Morgan fingerprint density at radius 1 is 1.20 bits per heavy atom. The highest BCUT2D eigenvalue weighted by molar-refractivity contribution is 5.96. The van der Waals surface area contributed by atoms with Gasteiger partial charge in [0, 0.05) is 0 Å². The average Bonchev–Trinajstić information content (AvgIpc) is 2.21. The molecular formula is C11H15NO3. The summed E-state index contributed by atoms with van der Waals surface area (Å²) in [5, 5.41) is 0. The minimum absolute atomic E-state index is 0.308. The third-order valence-corrected chi connectivity index (χ3v) is 2.26. The van der Waals surface area contributed by atoms with Gasteiger partial charge in [-0.1, -0.05) is 0 Å². The Labute approximate surface area is 89.1 Å². The van der Waals surface area contributed by atoms with Crippen LogP contribution in [0.5, 0.6) is 5.75 Å². The van der Waals surface area contributed by atoms with Crippen LogP contribution in [0.4, 0.5) is 0 Å². The minimum atomic E-state index is -0.308. The van der Waals surface area contributed by atoms with E-state index < -0.39 is 0 Å². The molecule has 0 atom stereocenters. The number of hydroxylamine groups is 1. The zero-order valence-corrected chi connectivity index (χ0v) is 9.38. The van der Waals surface area contributed by atoms with Gasteiger partial charge in [-0.15, -0.1) is 0 Å². The van der Waals surface area contributed by atoms with Crippen molar-refractivity contribution in [2.24, 2.45) is 0 Å². The molecule has 15 heavy (non-hydrogen) atoms. The van der Waals surface area contributed by atoms with E-state index in [1.165, 1.54) is 14.2 Å². The number of carbonyl (C=O) groups excluding carboxylic acids is 1. The van der Waals surface area contributed by atoms with Crippen LogP contribution >= 0.6 is 0 Å². The maximum Gasteiger partial charge on any atom is 0.278 e. The van der Waals surface area contributed by atoms with Gasteiger partial charge in [-0.3, -0.25) is 9.63 Å². The van der Waals surface area contributed by atoms with E-state index in [9.17, 15) is 4.79 Å². The van der Waals surface area contributed by atoms with Crippen molar-refractivity contribution in [2.45, 2.75) is 13.8 Å². The maximum atomic E-state index is 11.6.